The number of nitrogens with one attached hydrogen (secondary N) is 1. The first kappa shape index (κ1) is 18.2. The lowest BCUT2D eigenvalue weighted by atomic mass is 10.2. The van der Waals surface area contributed by atoms with Crippen molar-refractivity contribution >= 4 is 28.5 Å². The molecule has 0 aliphatic heterocycles. The summed E-state index contributed by atoms with van der Waals surface area (Å²) in [5.74, 6) is -0.272. The predicted molar refractivity (Wildman–Crippen MR) is 110 cm³/mol. The lowest BCUT2D eigenvalue weighted by molar-refractivity contribution is -0.119. The topological polar surface area (TPSA) is 99.2 Å². The molecule has 4 aromatic rings. The molecule has 3 aromatic carbocycles. The van der Waals surface area contributed by atoms with Gasteiger partial charge in [-0.1, -0.05) is 12.1 Å². The number of anilines is 1. The van der Waals surface area contributed by atoms with Crippen molar-refractivity contribution in [3.63, 3.8) is 0 Å². The summed E-state index contributed by atoms with van der Waals surface area (Å²) >= 11 is 0. The molecule has 0 saturated heterocycles. The Labute approximate surface area is 166 Å². The van der Waals surface area contributed by atoms with E-state index in [1.807, 2.05) is 41.0 Å². The summed E-state index contributed by atoms with van der Waals surface area (Å²) in [6.45, 7) is -0.190. The molecule has 3 N–H and O–H groups in total. The molecule has 0 aliphatic rings. The van der Waals surface area contributed by atoms with Crippen LogP contribution in [0.4, 0.5) is 5.69 Å². The van der Waals surface area contributed by atoms with Crippen LogP contribution < -0.4 is 15.8 Å². The fourth-order valence-electron chi connectivity index (χ4n) is 2.93. The maximum atomic E-state index is 12.5. The van der Waals surface area contributed by atoms with Crippen molar-refractivity contribution in [1.82, 2.24) is 9.55 Å². The van der Waals surface area contributed by atoms with E-state index in [4.69, 9.17) is 10.5 Å². The maximum Gasteiger partial charge on any atom is 0.255 e. The molecule has 4 rings (SSSR count). The van der Waals surface area contributed by atoms with E-state index in [-0.39, 0.29) is 12.5 Å². The lowest BCUT2D eigenvalue weighted by Crippen LogP contribution is -2.20. The van der Waals surface area contributed by atoms with E-state index in [9.17, 15) is 9.59 Å². The zero-order valence-corrected chi connectivity index (χ0v) is 15.4. The van der Waals surface area contributed by atoms with Crippen molar-refractivity contribution in [3.8, 4) is 11.4 Å². The highest BCUT2D eigenvalue weighted by molar-refractivity contribution is 6.04. The summed E-state index contributed by atoms with van der Waals surface area (Å²) in [6, 6.07) is 21.9. The summed E-state index contributed by atoms with van der Waals surface area (Å²) in [6.07, 6.45) is 1.77. The summed E-state index contributed by atoms with van der Waals surface area (Å²) in [5, 5.41) is 2.83. The summed E-state index contributed by atoms with van der Waals surface area (Å²) in [5.41, 5.74) is 9.03. The van der Waals surface area contributed by atoms with E-state index in [1.165, 1.54) is 0 Å². The first-order valence-electron chi connectivity index (χ1n) is 8.95. The number of rotatable bonds is 6. The molecular formula is C22H18N4O3. The Morgan fingerprint density at radius 1 is 0.966 bits per heavy atom. The first-order chi connectivity index (χ1) is 14.1. The molecule has 144 valence electrons. The van der Waals surface area contributed by atoms with Gasteiger partial charge in [0.05, 0.1) is 11.0 Å². The van der Waals surface area contributed by atoms with Crippen molar-refractivity contribution in [2.45, 2.75) is 0 Å². The number of amides is 2. The minimum absolute atomic E-state index is 0.190. The monoisotopic (exact) mass is 386 g/mol. The Hall–Kier alpha value is -4.13. The average molecular weight is 386 g/mol. The number of carbonyl (C=O) groups excluding carboxylic acids is 2. The average Bonchev–Trinajstić information content (AvgIpc) is 3.17. The van der Waals surface area contributed by atoms with Crippen LogP contribution in [0.2, 0.25) is 0 Å². The van der Waals surface area contributed by atoms with Crippen LogP contribution in [0.5, 0.6) is 5.75 Å². The molecule has 0 atom stereocenters. The first-order valence-corrected chi connectivity index (χ1v) is 8.95. The van der Waals surface area contributed by atoms with Crippen LogP contribution in [0.1, 0.15) is 10.4 Å². The molecule has 0 radical (unpaired) electrons. The van der Waals surface area contributed by atoms with E-state index >= 15 is 0 Å². The van der Waals surface area contributed by atoms with Crippen LogP contribution in [0, 0.1) is 0 Å². The minimum atomic E-state index is -0.547. The summed E-state index contributed by atoms with van der Waals surface area (Å²) in [4.78, 5) is 27.6. The Balaban J connectivity index is 1.45. The van der Waals surface area contributed by atoms with Gasteiger partial charge in [0, 0.05) is 16.9 Å². The number of carbonyl (C=O) groups is 2. The third-order valence-electron chi connectivity index (χ3n) is 4.35. The fourth-order valence-corrected chi connectivity index (χ4v) is 2.93. The Morgan fingerprint density at radius 3 is 2.41 bits per heavy atom. The number of primary amides is 1. The quantitative estimate of drug-likeness (QED) is 0.532. The van der Waals surface area contributed by atoms with E-state index in [0.717, 1.165) is 16.7 Å². The normalized spacial score (nSPS) is 10.6. The van der Waals surface area contributed by atoms with Gasteiger partial charge in [0.25, 0.3) is 11.8 Å². The van der Waals surface area contributed by atoms with Gasteiger partial charge in [-0.15, -0.1) is 0 Å². The van der Waals surface area contributed by atoms with Crippen molar-refractivity contribution in [3.05, 3.63) is 84.7 Å². The van der Waals surface area contributed by atoms with Gasteiger partial charge in [0.1, 0.15) is 12.1 Å². The number of aromatic nitrogens is 2. The molecule has 7 nitrogen and oxygen atoms in total. The standard InChI is InChI=1S/C22H18N4O3/c23-21(27)13-29-18-11-7-16(8-12-18)25-22(28)15-5-9-17(10-6-15)26-14-24-19-3-1-2-4-20(19)26/h1-12,14H,13H2,(H2,23,27)(H,25,28). The van der Waals surface area contributed by atoms with E-state index in [0.29, 0.717) is 17.0 Å². The highest BCUT2D eigenvalue weighted by atomic mass is 16.5. The van der Waals surface area contributed by atoms with Gasteiger partial charge >= 0.3 is 0 Å². The molecule has 0 fully saturated rings. The second-order valence-electron chi connectivity index (χ2n) is 6.38. The van der Waals surface area contributed by atoms with Gasteiger partial charge in [0.2, 0.25) is 0 Å². The zero-order chi connectivity index (χ0) is 20.2. The van der Waals surface area contributed by atoms with Crippen LogP contribution in [-0.2, 0) is 4.79 Å². The number of fused-ring (bicyclic) bond motifs is 1. The van der Waals surface area contributed by atoms with Gasteiger partial charge in [-0.05, 0) is 60.7 Å². The maximum absolute atomic E-state index is 12.5. The van der Waals surface area contributed by atoms with Crippen molar-refractivity contribution in [2.75, 3.05) is 11.9 Å². The number of nitrogens with zero attached hydrogens (tertiary/aromatic N) is 2. The Morgan fingerprint density at radius 2 is 1.69 bits per heavy atom. The number of hydrogen-bond donors (Lipinski definition) is 2. The third kappa shape index (κ3) is 4.08. The lowest BCUT2D eigenvalue weighted by Gasteiger charge is -2.09. The highest BCUT2D eigenvalue weighted by Crippen LogP contribution is 2.20. The molecule has 0 saturated carbocycles. The number of nitrogens with two attached hydrogens (primary N) is 1. The van der Waals surface area contributed by atoms with E-state index in [2.05, 4.69) is 10.3 Å². The molecule has 1 aromatic heterocycles. The van der Waals surface area contributed by atoms with Gasteiger partial charge in [0.15, 0.2) is 6.61 Å². The SMILES string of the molecule is NC(=O)COc1ccc(NC(=O)c2ccc(-n3cnc4ccccc43)cc2)cc1. The molecule has 0 bridgehead atoms. The van der Waals surface area contributed by atoms with Crippen LogP contribution in [0.15, 0.2) is 79.1 Å². The Bertz CT molecular complexity index is 1160. The van der Waals surface area contributed by atoms with Crippen LogP contribution in [-0.4, -0.2) is 28.0 Å². The number of imidazole rings is 1. The molecule has 1 heterocycles. The largest absolute Gasteiger partial charge is 0.484 e. The molecule has 0 unspecified atom stereocenters. The zero-order valence-electron chi connectivity index (χ0n) is 15.4. The second-order valence-corrected chi connectivity index (χ2v) is 6.38. The Kier molecular flexibility index (Phi) is 4.94. The molecule has 0 spiro atoms. The van der Waals surface area contributed by atoms with Crippen molar-refractivity contribution in [2.24, 2.45) is 5.73 Å². The number of para-hydroxylation sites is 2. The molecule has 2 amide bonds. The highest BCUT2D eigenvalue weighted by Gasteiger charge is 2.08. The minimum Gasteiger partial charge on any atom is -0.484 e. The van der Waals surface area contributed by atoms with Gasteiger partial charge in [-0.25, -0.2) is 4.98 Å². The van der Waals surface area contributed by atoms with E-state index in [1.54, 1.807) is 42.7 Å². The van der Waals surface area contributed by atoms with Gasteiger partial charge in [-0.3, -0.25) is 14.2 Å². The number of benzene rings is 3. The number of hydrogen-bond acceptors (Lipinski definition) is 4. The fraction of sp³-hybridized carbons (Fsp3) is 0.0455. The number of ether oxygens (including phenoxy) is 1. The van der Waals surface area contributed by atoms with Gasteiger partial charge in [-0.2, -0.15) is 0 Å². The van der Waals surface area contributed by atoms with Crippen LogP contribution in [0.3, 0.4) is 0 Å². The van der Waals surface area contributed by atoms with E-state index < -0.39 is 5.91 Å². The van der Waals surface area contributed by atoms with Crippen molar-refractivity contribution < 1.29 is 14.3 Å². The smallest absolute Gasteiger partial charge is 0.255 e. The van der Waals surface area contributed by atoms with Crippen molar-refractivity contribution in [1.29, 1.82) is 0 Å². The van der Waals surface area contributed by atoms with Gasteiger partial charge < -0.3 is 15.8 Å². The molecule has 7 heteroatoms. The molecular weight excluding hydrogens is 368 g/mol. The second kappa shape index (κ2) is 7.85. The predicted octanol–water partition coefficient (Wildman–Crippen LogP) is 3.14. The third-order valence-corrected chi connectivity index (χ3v) is 4.35. The van der Waals surface area contributed by atoms with Crippen LogP contribution in [0.25, 0.3) is 16.7 Å². The van der Waals surface area contributed by atoms with Crippen LogP contribution >= 0.6 is 0 Å². The summed E-state index contributed by atoms with van der Waals surface area (Å²) < 4.78 is 7.17. The molecule has 0 aliphatic carbocycles. The molecule has 29 heavy (non-hydrogen) atoms. The summed E-state index contributed by atoms with van der Waals surface area (Å²) in [7, 11) is 0.